The van der Waals surface area contributed by atoms with E-state index in [9.17, 15) is 17.6 Å². The Kier molecular flexibility index (Phi) is 5.69. The van der Waals surface area contributed by atoms with E-state index in [1.807, 2.05) is 0 Å². The van der Waals surface area contributed by atoms with Gasteiger partial charge in [0.1, 0.15) is 5.37 Å². The van der Waals surface area contributed by atoms with Gasteiger partial charge in [-0.05, 0) is 12.1 Å². The molecule has 1 aliphatic rings. The number of halogens is 1. The lowest BCUT2D eigenvalue weighted by Gasteiger charge is -2.34. The van der Waals surface area contributed by atoms with Crippen LogP contribution in [0.25, 0.3) is 0 Å². The number of benzene rings is 1. The minimum Gasteiger partial charge on any atom is -0.490 e. The van der Waals surface area contributed by atoms with Gasteiger partial charge in [0.25, 0.3) is 0 Å². The lowest BCUT2D eigenvalue weighted by atomic mass is 10.3. The molecule has 1 aromatic rings. The van der Waals surface area contributed by atoms with Crippen LogP contribution < -0.4 is 4.74 Å². The van der Waals surface area contributed by atoms with E-state index in [2.05, 4.69) is 0 Å². The van der Waals surface area contributed by atoms with Crippen LogP contribution in [0.15, 0.2) is 24.3 Å². The summed E-state index contributed by atoms with van der Waals surface area (Å²) >= 11 is 1.52. The highest BCUT2D eigenvalue weighted by Gasteiger charge is 2.33. The van der Waals surface area contributed by atoms with Crippen molar-refractivity contribution >= 4 is 27.5 Å². The van der Waals surface area contributed by atoms with Gasteiger partial charge in [0.15, 0.2) is 21.4 Å². The van der Waals surface area contributed by atoms with Crippen molar-refractivity contribution < 1.29 is 22.3 Å². The fourth-order valence-corrected chi connectivity index (χ4v) is 5.01. The molecule has 2 rings (SSSR count). The van der Waals surface area contributed by atoms with Gasteiger partial charge in [-0.2, -0.15) is 11.8 Å². The number of para-hydroxylation sites is 1. The maximum Gasteiger partial charge on any atom is 0.227 e. The van der Waals surface area contributed by atoms with E-state index in [1.54, 1.807) is 12.1 Å². The molecule has 0 N–H and O–H groups in total. The Morgan fingerprint density at radius 2 is 2.18 bits per heavy atom. The van der Waals surface area contributed by atoms with E-state index in [-0.39, 0.29) is 24.7 Å². The average molecular weight is 347 g/mol. The van der Waals surface area contributed by atoms with Gasteiger partial charge in [-0.1, -0.05) is 12.1 Å². The molecule has 0 bridgehead atoms. The van der Waals surface area contributed by atoms with E-state index in [0.717, 1.165) is 6.26 Å². The summed E-state index contributed by atoms with van der Waals surface area (Å²) in [5, 5.41) is -0.785. The normalized spacial score (nSPS) is 19.0. The number of hydrogen-bond donors (Lipinski definition) is 0. The van der Waals surface area contributed by atoms with Crippen LogP contribution in [0.3, 0.4) is 0 Å². The van der Waals surface area contributed by atoms with Crippen LogP contribution in [0.1, 0.15) is 6.42 Å². The molecule has 1 aliphatic heterocycles. The Morgan fingerprint density at radius 1 is 1.45 bits per heavy atom. The highest BCUT2D eigenvalue weighted by Crippen LogP contribution is 2.21. The van der Waals surface area contributed by atoms with Crippen molar-refractivity contribution in [2.24, 2.45) is 0 Å². The number of thioether (sulfide) groups is 1. The molecule has 0 aromatic heterocycles. The van der Waals surface area contributed by atoms with Crippen molar-refractivity contribution in [3.63, 3.8) is 0 Å². The first-order valence-corrected chi connectivity index (χ1v) is 9.94. The van der Waals surface area contributed by atoms with Crippen molar-refractivity contribution in [3.05, 3.63) is 30.1 Å². The monoisotopic (exact) mass is 347 g/mol. The molecule has 8 heteroatoms. The number of ether oxygens (including phenoxy) is 1. The quantitative estimate of drug-likeness (QED) is 0.808. The molecule has 1 fully saturated rings. The number of amides is 1. The SMILES string of the molecule is CS(=O)(=O)[C@H]1CSCCN1C(=O)CCOc1ccccc1F. The van der Waals surface area contributed by atoms with Gasteiger partial charge in [-0.3, -0.25) is 4.79 Å². The molecule has 22 heavy (non-hydrogen) atoms. The fourth-order valence-electron chi connectivity index (χ4n) is 2.17. The molecule has 1 amide bonds. The molecule has 1 saturated heterocycles. The Morgan fingerprint density at radius 3 is 2.86 bits per heavy atom. The second-order valence-corrected chi connectivity index (χ2v) is 8.33. The number of carbonyl (C=O) groups excluding carboxylic acids is 1. The standard InChI is InChI=1S/C14H18FNO4S2/c1-22(18,19)14-10-21-9-7-16(14)13(17)6-8-20-12-5-3-2-4-11(12)15/h2-5,14H,6-10H2,1H3/t14-/m0/s1. The van der Waals surface area contributed by atoms with Gasteiger partial charge in [0.05, 0.1) is 13.0 Å². The maximum absolute atomic E-state index is 13.4. The van der Waals surface area contributed by atoms with Crippen LogP contribution in [0.4, 0.5) is 4.39 Å². The first kappa shape index (κ1) is 17.1. The summed E-state index contributed by atoms with van der Waals surface area (Å²) in [7, 11) is -3.32. The molecule has 0 radical (unpaired) electrons. The third-order valence-electron chi connectivity index (χ3n) is 3.31. The second-order valence-electron chi connectivity index (χ2n) is 4.98. The molecule has 1 aromatic carbocycles. The van der Waals surface area contributed by atoms with Gasteiger partial charge in [0.2, 0.25) is 5.91 Å². The van der Waals surface area contributed by atoms with Crippen molar-refractivity contribution in [2.45, 2.75) is 11.8 Å². The number of rotatable bonds is 5. The summed E-state index contributed by atoms with van der Waals surface area (Å²) in [6.07, 6.45) is 1.16. The number of sulfone groups is 1. The minimum atomic E-state index is -3.32. The van der Waals surface area contributed by atoms with Crippen LogP contribution in [0.5, 0.6) is 5.75 Å². The number of nitrogens with zero attached hydrogens (tertiary/aromatic N) is 1. The lowest BCUT2D eigenvalue weighted by molar-refractivity contribution is -0.132. The summed E-state index contributed by atoms with van der Waals surface area (Å²) in [4.78, 5) is 13.6. The Labute approximate surface area is 133 Å². The first-order chi connectivity index (χ1) is 10.4. The van der Waals surface area contributed by atoms with Gasteiger partial charge < -0.3 is 9.64 Å². The fraction of sp³-hybridized carbons (Fsp3) is 0.500. The predicted molar refractivity (Wildman–Crippen MR) is 84.2 cm³/mol. The second kappa shape index (κ2) is 7.32. The van der Waals surface area contributed by atoms with Crippen LogP contribution in [-0.4, -0.2) is 55.5 Å². The van der Waals surface area contributed by atoms with E-state index in [4.69, 9.17) is 4.74 Å². The number of carbonyl (C=O) groups is 1. The van der Waals surface area contributed by atoms with Crippen molar-refractivity contribution in [2.75, 3.05) is 30.9 Å². The minimum absolute atomic E-state index is 0.0138. The van der Waals surface area contributed by atoms with Crippen LogP contribution in [0, 0.1) is 5.82 Å². The zero-order valence-corrected chi connectivity index (χ0v) is 13.8. The van der Waals surface area contributed by atoms with Gasteiger partial charge in [-0.25, -0.2) is 12.8 Å². The first-order valence-electron chi connectivity index (χ1n) is 6.83. The molecule has 0 aliphatic carbocycles. The molecular formula is C14H18FNO4S2. The number of hydrogen-bond acceptors (Lipinski definition) is 5. The van der Waals surface area contributed by atoms with Crippen molar-refractivity contribution in [1.29, 1.82) is 0 Å². The topological polar surface area (TPSA) is 63.7 Å². The predicted octanol–water partition coefficient (Wildman–Crippen LogP) is 1.54. The van der Waals surface area contributed by atoms with Crippen LogP contribution in [0.2, 0.25) is 0 Å². The maximum atomic E-state index is 13.4. The van der Waals surface area contributed by atoms with Crippen molar-refractivity contribution in [3.8, 4) is 5.75 Å². The Bertz CT molecular complexity index is 635. The molecule has 0 saturated carbocycles. The lowest BCUT2D eigenvalue weighted by Crippen LogP contribution is -2.50. The van der Waals surface area contributed by atoms with E-state index < -0.39 is 21.0 Å². The highest BCUT2D eigenvalue weighted by molar-refractivity contribution is 8.00. The van der Waals surface area contributed by atoms with Crippen LogP contribution in [-0.2, 0) is 14.6 Å². The summed E-state index contributed by atoms with van der Waals surface area (Å²) in [5.41, 5.74) is 0. The van der Waals surface area contributed by atoms with Gasteiger partial charge in [-0.15, -0.1) is 0 Å². The zero-order chi connectivity index (χ0) is 16.2. The summed E-state index contributed by atoms with van der Waals surface area (Å²) in [5.74, 6) is 0.416. The molecular weight excluding hydrogens is 329 g/mol. The summed E-state index contributed by atoms with van der Waals surface area (Å²) in [6.45, 7) is 0.417. The smallest absolute Gasteiger partial charge is 0.227 e. The third-order valence-corrected chi connectivity index (χ3v) is 5.95. The van der Waals surface area contributed by atoms with Gasteiger partial charge >= 0.3 is 0 Å². The highest BCUT2D eigenvalue weighted by atomic mass is 32.2. The largest absolute Gasteiger partial charge is 0.490 e. The van der Waals surface area contributed by atoms with Crippen molar-refractivity contribution in [1.82, 2.24) is 4.90 Å². The van der Waals surface area contributed by atoms with E-state index >= 15 is 0 Å². The zero-order valence-electron chi connectivity index (χ0n) is 12.2. The Hall–Kier alpha value is -1.28. The van der Waals surface area contributed by atoms with E-state index in [0.29, 0.717) is 18.1 Å². The summed E-state index contributed by atoms with van der Waals surface area (Å²) in [6, 6.07) is 5.95. The van der Waals surface area contributed by atoms with Crippen LogP contribution >= 0.6 is 11.8 Å². The molecule has 122 valence electrons. The molecule has 0 unspecified atom stereocenters. The molecule has 0 spiro atoms. The third kappa shape index (κ3) is 4.36. The molecule has 5 nitrogen and oxygen atoms in total. The average Bonchev–Trinajstić information content (AvgIpc) is 2.48. The molecule has 1 heterocycles. The Balaban J connectivity index is 1.92. The molecule has 1 atom stereocenters. The summed E-state index contributed by atoms with van der Waals surface area (Å²) < 4.78 is 42.1. The van der Waals surface area contributed by atoms with E-state index in [1.165, 1.54) is 28.8 Å². The van der Waals surface area contributed by atoms with Gasteiger partial charge in [0, 0.05) is 24.3 Å².